The summed E-state index contributed by atoms with van der Waals surface area (Å²) in [6.07, 6.45) is 1.38. The zero-order valence-electron chi connectivity index (χ0n) is 17.9. The number of nitrogens with zero attached hydrogens (tertiary/aromatic N) is 1. The van der Waals surface area contributed by atoms with Gasteiger partial charge in [-0.05, 0) is 42.5 Å². The molecule has 10 heteroatoms. The molecule has 0 bridgehead atoms. The minimum Gasteiger partial charge on any atom is -0.507 e. The van der Waals surface area contributed by atoms with Crippen LogP contribution in [0.3, 0.4) is 0 Å². The molecule has 1 aromatic heterocycles. The van der Waals surface area contributed by atoms with E-state index in [1.165, 1.54) is 44.7 Å². The highest BCUT2D eigenvalue weighted by atomic mass is 35.5. The Morgan fingerprint density at radius 1 is 1.03 bits per heavy atom. The normalized spacial score (nSPS) is 17.2. The lowest BCUT2D eigenvalue weighted by atomic mass is 9.99. The van der Waals surface area contributed by atoms with Gasteiger partial charge in [0.1, 0.15) is 17.6 Å². The van der Waals surface area contributed by atoms with Gasteiger partial charge in [-0.3, -0.25) is 14.5 Å². The number of aliphatic hydroxyl groups excluding tert-OH is 1. The lowest BCUT2D eigenvalue weighted by molar-refractivity contribution is -0.132. The van der Waals surface area contributed by atoms with Crippen molar-refractivity contribution >= 4 is 52.3 Å². The largest absolute Gasteiger partial charge is 0.507 e. The van der Waals surface area contributed by atoms with Crippen LogP contribution in [0, 0.1) is 0 Å². The van der Waals surface area contributed by atoms with Crippen LogP contribution in [-0.2, 0) is 14.3 Å². The van der Waals surface area contributed by atoms with Crippen molar-refractivity contribution in [3.8, 4) is 5.75 Å². The van der Waals surface area contributed by atoms with Gasteiger partial charge in [-0.2, -0.15) is 0 Å². The molecule has 34 heavy (non-hydrogen) atoms. The van der Waals surface area contributed by atoms with E-state index in [9.17, 15) is 19.5 Å². The number of Topliss-reactive ketones (excluding diaryl/α,β-unsaturated/α-hetero) is 1. The Morgan fingerprint density at radius 2 is 1.74 bits per heavy atom. The number of anilines is 1. The van der Waals surface area contributed by atoms with Gasteiger partial charge in [0, 0.05) is 11.3 Å². The van der Waals surface area contributed by atoms with E-state index >= 15 is 0 Å². The van der Waals surface area contributed by atoms with Crippen molar-refractivity contribution in [2.24, 2.45) is 0 Å². The third kappa shape index (κ3) is 3.91. The van der Waals surface area contributed by atoms with E-state index in [-0.39, 0.29) is 43.9 Å². The molecule has 1 atom stereocenters. The third-order valence-electron chi connectivity index (χ3n) is 5.28. The molecule has 0 radical (unpaired) electrons. The highest BCUT2D eigenvalue weighted by Crippen LogP contribution is 2.44. The Labute approximate surface area is 203 Å². The van der Waals surface area contributed by atoms with E-state index in [2.05, 4.69) is 0 Å². The fourth-order valence-corrected chi connectivity index (χ4v) is 4.40. The van der Waals surface area contributed by atoms with E-state index in [0.29, 0.717) is 0 Å². The fourth-order valence-electron chi connectivity index (χ4n) is 3.76. The number of ether oxygens (including phenoxy) is 2. The van der Waals surface area contributed by atoms with E-state index < -0.39 is 29.5 Å². The number of esters is 1. The van der Waals surface area contributed by atoms with Crippen molar-refractivity contribution in [1.82, 2.24) is 0 Å². The van der Waals surface area contributed by atoms with Crippen molar-refractivity contribution in [2.45, 2.75) is 6.04 Å². The van der Waals surface area contributed by atoms with E-state index in [1.807, 2.05) is 0 Å². The molecule has 3 aromatic rings. The maximum absolute atomic E-state index is 13.1. The molecule has 2 heterocycles. The number of furan rings is 1. The van der Waals surface area contributed by atoms with E-state index in [4.69, 9.17) is 37.1 Å². The highest BCUT2D eigenvalue weighted by Gasteiger charge is 2.48. The SMILES string of the molecule is COC(=O)c1cccc(N2C(=O)C(=O)/C(=C(\O)c3cc(Cl)c(OC)c(Cl)c3)C2c2ccco2)c1. The van der Waals surface area contributed by atoms with Crippen molar-refractivity contribution in [3.63, 3.8) is 0 Å². The zero-order chi connectivity index (χ0) is 24.6. The highest BCUT2D eigenvalue weighted by molar-refractivity contribution is 6.51. The van der Waals surface area contributed by atoms with Crippen molar-refractivity contribution < 1.29 is 33.4 Å². The molecule has 0 spiro atoms. The number of carbonyl (C=O) groups is 3. The molecule has 1 N–H and O–H groups in total. The van der Waals surface area contributed by atoms with Crippen LogP contribution in [0.25, 0.3) is 5.76 Å². The molecule has 1 fully saturated rings. The van der Waals surface area contributed by atoms with Crippen LogP contribution >= 0.6 is 23.2 Å². The molecule has 8 nitrogen and oxygen atoms in total. The standard InChI is InChI=1S/C24H17Cl2NO7/c1-32-22-15(25)10-13(11-16(22)26)20(28)18-19(17-7-4-8-34-17)27(23(30)21(18)29)14-6-3-5-12(9-14)24(31)33-2/h3-11,19,28H,1-2H3/b20-18-. The summed E-state index contributed by atoms with van der Waals surface area (Å²) < 4.78 is 15.4. The zero-order valence-corrected chi connectivity index (χ0v) is 19.4. The predicted molar refractivity (Wildman–Crippen MR) is 124 cm³/mol. The second-order valence-corrected chi connectivity index (χ2v) is 8.01. The van der Waals surface area contributed by atoms with Crippen molar-refractivity contribution in [1.29, 1.82) is 0 Å². The molecule has 1 saturated heterocycles. The monoisotopic (exact) mass is 501 g/mol. The van der Waals surface area contributed by atoms with Gasteiger partial charge in [0.2, 0.25) is 0 Å². The molecule has 1 aliphatic heterocycles. The van der Waals surface area contributed by atoms with Gasteiger partial charge >= 0.3 is 5.97 Å². The summed E-state index contributed by atoms with van der Waals surface area (Å²) in [6.45, 7) is 0. The van der Waals surface area contributed by atoms with Crippen LogP contribution in [-0.4, -0.2) is 37.0 Å². The van der Waals surface area contributed by atoms with E-state index in [1.54, 1.807) is 24.3 Å². The van der Waals surface area contributed by atoms with Gasteiger partial charge in [0.05, 0.1) is 41.7 Å². The van der Waals surface area contributed by atoms with Gasteiger partial charge in [0.15, 0.2) is 5.75 Å². The third-order valence-corrected chi connectivity index (χ3v) is 5.84. The van der Waals surface area contributed by atoms with E-state index in [0.717, 1.165) is 4.90 Å². The van der Waals surface area contributed by atoms with Gasteiger partial charge < -0.3 is 19.0 Å². The molecule has 1 unspecified atom stereocenters. The van der Waals surface area contributed by atoms with Gasteiger partial charge in [0.25, 0.3) is 11.7 Å². The lowest BCUT2D eigenvalue weighted by Gasteiger charge is -2.23. The van der Waals surface area contributed by atoms with Crippen molar-refractivity contribution in [3.05, 3.63) is 87.3 Å². The van der Waals surface area contributed by atoms with Gasteiger partial charge in [-0.1, -0.05) is 29.3 Å². The Kier molecular flexibility index (Phi) is 6.37. The predicted octanol–water partition coefficient (Wildman–Crippen LogP) is 5.01. The van der Waals surface area contributed by atoms with Crippen LogP contribution in [0.5, 0.6) is 5.75 Å². The molecule has 2 aromatic carbocycles. The summed E-state index contributed by atoms with van der Waals surface area (Å²) >= 11 is 12.4. The van der Waals surface area contributed by atoms with Crippen LogP contribution in [0.15, 0.2) is 64.8 Å². The van der Waals surface area contributed by atoms with Crippen LogP contribution in [0.2, 0.25) is 10.0 Å². The summed E-state index contributed by atoms with van der Waals surface area (Å²) in [4.78, 5) is 39.4. The minimum absolute atomic E-state index is 0.103. The van der Waals surface area contributed by atoms with Gasteiger partial charge in [-0.25, -0.2) is 4.79 Å². The number of rotatable bonds is 5. The first-order valence-corrected chi connectivity index (χ1v) is 10.6. The first kappa shape index (κ1) is 23.4. The van der Waals surface area contributed by atoms with Crippen LogP contribution in [0.4, 0.5) is 5.69 Å². The smallest absolute Gasteiger partial charge is 0.337 e. The summed E-state index contributed by atoms with van der Waals surface area (Å²) in [6, 6.07) is 10.8. The number of halogens is 2. The number of benzene rings is 2. The molecule has 0 saturated carbocycles. The first-order chi connectivity index (χ1) is 16.3. The Morgan fingerprint density at radius 3 is 2.32 bits per heavy atom. The molecule has 1 aliphatic rings. The molecule has 1 amide bonds. The second kappa shape index (κ2) is 9.24. The Bertz CT molecular complexity index is 1310. The summed E-state index contributed by atoms with van der Waals surface area (Å²) in [7, 11) is 2.62. The molecular formula is C24H17Cl2NO7. The summed E-state index contributed by atoms with van der Waals surface area (Å²) in [5.41, 5.74) is 0.277. The Hall–Kier alpha value is -3.75. The van der Waals surface area contributed by atoms with Gasteiger partial charge in [-0.15, -0.1) is 0 Å². The van der Waals surface area contributed by atoms with Crippen molar-refractivity contribution in [2.75, 3.05) is 19.1 Å². The topological polar surface area (TPSA) is 106 Å². The number of hydrogen-bond donors (Lipinski definition) is 1. The number of ketones is 1. The van der Waals surface area contributed by atoms with Crippen LogP contribution in [0.1, 0.15) is 27.7 Å². The number of amides is 1. The lowest BCUT2D eigenvalue weighted by Crippen LogP contribution is -2.29. The summed E-state index contributed by atoms with van der Waals surface area (Å²) in [5, 5.41) is 11.3. The molecule has 174 valence electrons. The minimum atomic E-state index is -1.12. The quantitative estimate of drug-likeness (QED) is 0.226. The second-order valence-electron chi connectivity index (χ2n) is 7.20. The Balaban J connectivity index is 1.92. The maximum atomic E-state index is 13.1. The fraction of sp³-hybridized carbons (Fsp3) is 0.125. The first-order valence-electron chi connectivity index (χ1n) is 9.84. The number of aliphatic hydroxyl groups is 1. The number of hydrogen-bond acceptors (Lipinski definition) is 7. The molecule has 0 aliphatic carbocycles. The van der Waals surface area contributed by atoms with Crippen LogP contribution < -0.4 is 9.64 Å². The molecular weight excluding hydrogens is 485 g/mol. The average molecular weight is 502 g/mol. The maximum Gasteiger partial charge on any atom is 0.337 e. The molecule has 4 rings (SSSR count). The average Bonchev–Trinajstić information content (AvgIpc) is 3.45. The summed E-state index contributed by atoms with van der Waals surface area (Å²) in [5.74, 6) is -2.58. The number of methoxy groups -OCH3 is 2. The number of carbonyl (C=O) groups excluding carboxylic acids is 3.